The highest BCUT2D eigenvalue weighted by atomic mass is 32.1. The minimum atomic E-state index is -0.407. The van der Waals surface area contributed by atoms with Crippen LogP contribution in [0.2, 0.25) is 0 Å². The highest BCUT2D eigenvalue weighted by molar-refractivity contribution is 7.13. The third kappa shape index (κ3) is 3.96. The predicted octanol–water partition coefficient (Wildman–Crippen LogP) is 2.99. The molecule has 0 radical (unpaired) electrons. The third-order valence-corrected chi connectivity index (χ3v) is 5.61. The van der Waals surface area contributed by atoms with E-state index in [4.69, 9.17) is 0 Å². The molecule has 1 aliphatic rings. The maximum Gasteiger partial charge on any atom is 0.227 e. The van der Waals surface area contributed by atoms with Crippen LogP contribution in [0.3, 0.4) is 0 Å². The molecule has 2 N–H and O–H groups in total. The lowest BCUT2D eigenvalue weighted by molar-refractivity contribution is -0.126. The summed E-state index contributed by atoms with van der Waals surface area (Å²) in [6, 6.07) is 9.73. The van der Waals surface area contributed by atoms with Crippen LogP contribution in [-0.2, 0) is 16.0 Å². The number of halogens is 1. The van der Waals surface area contributed by atoms with Crippen molar-refractivity contribution in [2.45, 2.75) is 12.8 Å². The average Bonchev–Trinajstić information content (AvgIpc) is 3.43. The van der Waals surface area contributed by atoms with Gasteiger partial charge in [0.1, 0.15) is 11.6 Å². The van der Waals surface area contributed by atoms with Crippen LogP contribution in [0.5, 0.6) is 0 Å². The number of aromatic nitrogens is 2. The number of hydrogen-bond donors (Lipinski definition) is 2. The van der Waals surface area contributed by atoms with Crippen LogP contribution in [0.25, 0.3) is 10.6 Å². The van der Waals surface area contributed by atoms with Gasteiger partial charge in [0.25, 0.3) is 0 Å². The Balaban J connectivity index is 1.28. The van der Waals surface area contributed by atoms with Crippen molar-refractivity contribution in [2.24, 2.45) is 5.92 Å². The van der Waals surface area contributed by atoms with Crippen LogP contribution in [0.1, 0.15) is 12.2 Å². The minimum absolute atomic E-state index is 0.126. The number of H-pyrrole nitrogens is 1. The summed E-state index contributed by atoms with van der Waals surface area (Å²) < 4.78 is 13.1. The van der Waals surface area contributed by atoms with Gasteiger partial charge in [-0.15, -0.1) is 11.3 Å². The van der Waals surface area contributed by atoms with E-state index in [0.29, 0.717) is 25.2 Å². The average molecular weight is 398 g/mol. The summed E-state index contributed by atoms with van der Waals surface area (Å²) >= 11 is 1.64. The lowest BCUT2D eigenvalue weighted by Crippen LogP contribution is -2.34. The van der Waals surface area contributed by atoms with Crippen molar-refractivity contribution in [3.63, 3.8) is 0 Å². The second-order valence-electron chi connectivity index (χ2n) is 6.64. The molecule has 8 heteroatoms. The standard InChI is InChI=1S/C20H19FN4O2S/c21-14-3-5-15(6-4-14)25-12-13(10-19(25)26)20(27)22-8-7-18-23-11-16(24-18)17-2-1-9-28-17/h1-6,9,11,13H,7-8,10,12H2,(H,22,27)(H,23,24). The molecule has 3 heterocycles. The second kappa shape index (κ2) is 7.93. The van der Waals surface area contributed by atoms with E-state index in [1.54, 1.807) is 29.7 Å². The fourth-order valence-corrected chi connectivity index (χ4v) is 3.94. The quantitative estimate of drug-likeness (QED) is 0.670. The summed E-state index contributed by atoms with van der Waals surface area (Å²) in [5.74, 6) is -0.235. The number of thiophene rings is 1. The first-order valence-corrected chi connectivity index (χ1v) is 9.89. The first-order chi connectivity index (χ1) is 13.6. The van der Waals surface area contributed by atoms with Gasteiger partial charge in [-0.05, 0) is 35.7 Å². The van der Waals surface area contributed by atoms with Gasteiger partial charge in [0, 0.05) is 31.6 Å². The zero-order valence-electron chi connectivity index (χ0n) is 15.0. The molecule has 4 rings (SSSR count). The van der Waals surface area contributed by atoms with Crippen molar-refractivity contribution in [3.05, 3.63) is 59.6 Å². The number of aromatic amines is 1. The molecule has 0 spiro atoms. The number of rotatable bonds is 6. The summed E-state index contributed by atoms with van der Waals surface area (Å²) in [7, 11) is 0. The Hall–Kier alpha value is -3.00. The van der Waals surface area contributed by atoms with Crippen molar-refractivity contribution in [3.8, 4) is 10.6 Å². The maximum absolute atomic E-state index is 13.1. The van der Waals surface area contributed by atoms with Gasteiger partial charge < -0.3 is 15.2 Å². The summed E-state index contributed by atoms with van der Waals surface area (Å²) in [6.07, 6.45) is 2.53. The van der Waals surface area contributed by atoms with E-state index >= 15 is 0 Å². The van der Waals surface area contributed by atoms with E-state index in [9.17, 15) is 14.0 Å². The largest absolute Gasteiger partial charge is 0.355 e. The molecule has 28 heavy (non-hydrogen) atoms. The zero-order valence-corrected chi connectivity index (χ0v) is 15.8. The molecule has 1 fully saturated rings. The van der Waals surface area contributed by atoms with Gasteiger partial charge in [-0.1, -0.05) is 6.07 Å². The van der Waals surface area contributed by atoms with Gasteiger partial charge in [-0.3, -0.25) is 9.59 Å². The first kappa shape index (κ1) is 18.4. The number of benzene rings is 1. The molecule has 6 nitrogen and oxygen atoms in total. The number of imidazole rings is 1. The normalized spacial score (nSPS) is 16.5. The molecule has 0 saturated carbocycles. The van der Waals surface area contributed by atoms with Crippen molar-refractivity contribution in [1.29, 1.82) is 0 Å². The number of anilines is 1. The predicted molar refractivity (Wildman–Crippen MR) is 105 cm³/mol. The minimum Gasteiger partial charge on any atom is -0.355 e. The molecule has 1 atom stereocenters. The van der Waals surface area contributed by atoms with E-state index in [1.165, 1.54) is 17.0 Å². The van der Waals surface area contributed by atoms with Crippen molar-refractivity contribution >= 4 is 28.8 Å². The molecule has 1 unspecified atom stereocenters. The highest BCUT2D eigenvalue weighted by Gasteiger charge is 2.34. The Morgan fingerprint density at radius 1 is 1.32 bits per heavy atom. The van der Waals surface area contributed by atoms with Crippen LogP contribution in [-0.4, -0.2) is 34.9 Å². The molecular weight excluding hydrogens is 379 g/mol. The lowest BCUT2D eigenvalue weighted by Gasteiger charge is -2.16. The monoisotopic (exact) mass is 398 g/mol. The summed E-state index contributed by atoms with van der Waals surface area (Å²) in [5, 5.41) is 4.89. The smallest absolute Gasteiger partial charge is 0.227 e. The van der Waals surface area contributed by atoms with Crippen molar-refractivity contribution < 1.29 is 14.0 Å². The number of carbonyl (C=O) groups excluding carboxylic acids is 2. The molecule has 1 aliphatic heterocycles. The number of hydrogen-bond acceptors (Lipinski definition) is 4. The van der Waals surface area contributed by atoms with Gasteiger partial charge in [-0.2, -0.15) is 0 Å². The summed E-state index contributed by atoms with van der Waals surface area (Å²) in [4.78, 5) is 34.9. The van der Waals surface area contributed by atoms with Gasteiger partial charge in [0.2, 0.25) is 11.8 Å². The highest BCUT2D eigenvalue weighted by Crippen LogP contribution is 2.25. The zero-order chi connectivity index (χ0) is 19.5. The van der Waals surface area contributed by atoms with Gasteiger partial charge in [0.05, 0.1) is 22.7 Å². The Morgan fingerprint density at radius 2 is 2.14 bits per heavy atom. The Bertz CT molecular complexity index is 969. The van der Waals surface area contributed by atoms with Gasteiger partial charge >= 0.3 is 0 Å². The number of carbonyl (C=O) groups is 2. The molecular formula is C20H19FN4O2S. The third-order valence-electron chi connectivity index (χ3n) is 4.71. The number of nitrogens with zero attached hydrogens (tertiary/aromatic N) is 2. The van der Waals surface area contributed by atoms with E-state index in [-0.39, 0.29) is 24.1 Å². The Morgan fingerprint density at radius 3 is 2.89 bits per heavy atom. The molecule has 2 amide bonds. The fraction of sp³-hybridized carbons (Fsp3) is 0.250. The molecule has 3 aromatic rings. The topological polar surface area (TPSA) is 78.1 Å². The van der Waals surface area contributed by atoms with Crippen LogP contribution in [0.15, 0.2) is 48.0 Å². The van der Waals surface area contributed by atoms with Crippen LogP contribution in [0, 0.1) is 11.7 Å². The molecule has 2 aromatic heterocycles. The fourth-order valence-electron chi connectivity index (χ4n) is 3.25. The van der Waals surface area contributed by atoms with Gasteiger partial charge in [0.15, 0.2) is 0 Å². The summed E-state index contributed by atoms with van der Waals surface area (Å²) in [5.41, 5.74) is 1.58. The molecule has 1 aromatic carbocycles. The molecule has 0 bridgehead atoms. The first-order valence-electron chi connectivity index (χ1n) is 9.01. The SMILES string of the molecule is O=C(NCCc1ncc(-c2cccs2)[nH]1)C1CC(=O)N(c2ccc(F)cc2)C1. The van der Waals surface area contributed by atoms with Crippen LogP contribution >= 0.6 is 11.3 Å². The molecule has 1 saturated heterocycles. The second-order valence-corrected chi connectivity index (χ2v) is 7.59. The van der Waals surface area contributed by atoms with E-state index in [1.807, 2.05) is 17.5 Å². The van der Waals surface area contributed by atoms with Crippen LogP contribution in [0.4, 0.5) is 10.1 Å². The maximum atomic E-state index is 13.1. The summed E-state index contributed by atoms with van der Waals surface area (Å²) in [6.45, 7) is 0.747. The van der Waals surface area contributed by atoms with E-state index < -0.39 is 5.92 Å². The Kier molecular flexibility index (Phi) is 5.21. The van der Waals surface area contributed by atoms with Crippen molar-refractivity contribution in [1.82, 2.24) is 15.3 Å². The van der Waals surface area contributed by atoms with Crippen LogP contribution < -0.4 is 10.2 Å². The number of nitrogens with one attached hydrogen (secondary N) is 2. The lowest BCUT2D eigenvalue weighted by atomic mass is 10.1. The van der Waals surface area contributed by atoms with Crippen molar-refractivity contribution in [2.75, 3.05) is 18.0 Å². The van der Waals surface area contributed by atoms with E-state index in [0.717, 1.165) is 16.4 Å². The molecule has 0 aliphatic carbocycles. The molecule has 144 valence electrons. The van der Waals surface area contributed by atoms with Gasteiger partial charge in [-0.25, -0.2) is 9.37 Å². The van der Waals surface area contributed by atoms with E-state index in [2.05, 4.69) is 15.3 Å². The number of amides is 2. The Labute approximate surface area is 165 Å².